The van der Waals surface area contributed by atoms with Crippen molar-refractivity contribution in [2.75, 3.05) is 26.7 Å². The Kier molecular flexibility index (Phi) is 7.44. The van der Waals surface area contributed by atoms with Crippen LogP contribution in [0.1, 0.15) is 36.4 Å². The van der Waals surface area contributed by atoms with Crippen LogP contribution in [0.3, 0.4) is 0 Å². The normalized spacial score (nSPS) is 16.1. The van der Waals surface area contributed by atoms with Gasteiger partial charge in [0.2, 0.25) is 0 Å². The van der Waals surface area contributed by atoms with E-state index in [2.05, 4.69) is 36.6 Å². The molecular weight excluding hydrogens is 423 g/mol. The van der Waals surface area contributed by atoms with Gasteiger partial charge in [0, 0.05) is 0 Å². The zero-order chi connectivity index (χ0) is 16.8. The van der Waals surface area contributed by atoms with Gasteiger partial charge in [-0.1, -0.05) is 60.7 Å². The molecule has 1 heterocycles. The largest absolute Gasteiger partial charge is 1.00 e. The molecule has 2 aromatic carbocycles. The molecule has 1 aliphatic heterocycles. The van der Waals surface area contributed by atoms with Crippen LogP contribution in [0, 0.1) is 0 Å². The lowest BCUT2D eigenvalue weighted by Crippen LogP contribution is -3.00. The number of nitrogens with one attached hydrogen (secondary N) is 1. The summed E-state index contributed by atoms with van der Waals surface area (Å²) in [5.74, 6) is 0.136. The molecule has 0 aliphatic carbocycles. The highest BCUT2D eigenvalue weighted by molar-refractivity contribution is 5.78. The third-order valence-electron chi connectivity index (χ3n) is 4.99. The molecular formula is C21H27IN2O. The maximum Gasteiger partial charge on any atom is 0.276 e. The molecule has 1 saturated heterocycles. The molecule has 1 aliphatic rings. The predicted molar refractivity (Wildman–Crippen MR) is 97.5 cm³/mol. The molecule has 0 radical (unpaired) electrons. The molecule has 134 valence electrons. The number of likely N-dealkylation sites (tertiary alicyclic amines) is 1. The number of piperidine rings is 1. The van der Waals surface area contributed by atoms with E-state index in [1.807, 2.05) is 36.4 Å². The van der Waals surface area contributed by atoms with Gasteiger partial charge in [-0.15, -0.1) is 0 Å². The fourth-order valence-corrected chi connectivity index (χ4v) is 3.64. The molecule has 0 atom stereocenters. The first-order valence-electron chi connectivity index (χ1n) is 8.89. The molecule has 1 amide bonds. The van der Waals surface area contributed by atoms with Gasteiger partial charge in [0.15, 0.2) is 6.54 Å². The third-order valence-corrected chi connectivity index (χ3v) is 4.99. The van der Waals surface area contributed by atoms with Gasteiger partial charge in [0.05, 0.1) is 26.2 Å². The van der Waals surface area contributed by atoms with Crippen molar-refractivity contribution < 1.29 is 33.3 Å². The number of rotatable bonds is 5. The quantitative estimate of drug-likeness (QED) is 0.523. The molecule has 4 heteroatoms. The fraction of sp³-hybridized carbons (Fsp3) is 0.381. The number of carbonyl (C=O) groups is 1. The Morgan fingerprint density at radius 3 is 1.88 bits per heavy atom. The molecule has 0 aromatic heterocycles. The van der Waals surface area contributed by atoms with E-state index in [4.69, 9.17) is 0 Å². The fourth-order valence-electron chi connectivity index (χ4n) is 3.64. The van der Waals surface area contributed by atoms with Crippen LogP contribution >= 0.6 is 0 Å². The van der Waals surface area contributed by atoms with Crippen LogP contribution in [0.4, 0.5) is 0 Å². The van der Waals surface area contributed by atoms with Gasteiger partial charge in [-0.25, -0.2) is 0 Å². The van der Waals surface area contributed by atoms with Crippen molar-refractivity contribution in [3.63, 3.8) is 0 Å². The maximum atomic E-state index is 12.7. The van der Waals surface area contributed by atoms with Crippen LogP contribution in [0.5, 0.6) is 0 Å². The Morgan fingerprint density at radius 1 is 0.920 bits per heavy atom. The Balaban J connectivity index is 0.00000225. The first kappa shape index (κ1) is 19.9. The van der Waals surface area contributed by atoms with Gasteiger partial charge in [-0.3, -0.25) is 4.79 Å². The van der Waals surface area contributed by atoms with Crippen LogP contribution in [0.25, 0.3) is 0 Å². The summed E-state index contributed by atoms with van der Waals surface area (Å²) in [4.78, 5) is 12.7. The van der Waals surface area contributed by atoms with Crippen molar-refractivity contribution in [1.82, 2.24) is 5.32 Å². The molecule has 25 heavy (non-hydrogen) atoms. The molecule has 1 fully saturated rings. The summed E-state index contributed by atoms with van der Waals surface area (Å²) in [6, 6.07) is 20.3. The summed E-state index contributed by atoms with van der Waals surface area (Å²) in [5, 5.41) is 3.27. The molecule has 1 N–H and O–H groups in total. The summed E-state index contributed by atoms with van der Waals surface area (Å²) in [6.45, 7) is 2.78. The number of hydrogen-bond acceptors (Lipinski definition) is 1. The topological polar surface area (TPSA) is 29.1 Å². The van der Waals surface area contributed by atoms with Crippen molar-refractivity contribution in [1.29, 1.82) is 0 Å². The second-order valence-electron chi connectivity index (χ2n) is 7.11. The monoisotopic (exact) mass is 450 g/mol. The van der Waals surface area contributed by atoms with Gasteiger partial charge in [-0.2, -0.15) is 0 Å². The number of quaternary nitrogens is 1. The number of likely N-dealkylation sites (N-methyl/N-ethyl adjacent to an activating group) is 1. The van der Waals surface area contributed by atoms with E-state index in [1.165, 1.54) is 19.3 Å². The Labute approximate surface area is 168 Å². The lowest BCUT2D eigenvalue weighted by atomic mass is 9.98. The van der Waals surface area contributed by atoms with Gasteiger partial charge in [0.1, 0.15) is 0 Å². The van der Waals surface area contributed by atoms with Crippen LogP contribution in [-0.2, 0) is 4.79 Å². The van der Waals surface area contributed by atoms with Gasteiger partial charge >= 0.3 is 0 Å². The van der Waals surface area contributed by atoms with Crippen LogP contribution in [0.15, 0.2) is 60.7 Å². The number of nitrogens with zero attached hydrogens (tertiary/aromatic N) is 1. The minimum absolute atomic E-state index is 0. The summed E-state index contributed by atoms with van der Waals surface area (Å²) >= 11 is 0. The number of carbonyl (C=O) groups excluding carboxylic acids is 1. The van der Waals surface area contributed by atoms with Crippen molar-refractivity contribution in [2.24, 2.45) is 0 Å². The van der Waals surface area contributed by atoms with E-state index >= 15 is 0 Å². The van der Waals surface area contributed by atoms with E-state index in [1.54, 1.807) is 0 Å². The van der Waals surface area contributed by atoms with E-state index < -0.39 is 0 Å². The van der Waals surface area contributed by atoms with Gasteiger partial charge < -0.3 is 33.8 Å². The number of hydrogen-bond donors (Lipinski definition) is 1. The van der Waals surface area contributed by atoms with E-state index in [0.717, 1.165) is 28.7 Å². The van der Waals surface area contributed by atoms with Crippen LogP contribution in [0.2, 0.25) is 0 Å². The maximum absolute atomic E-state index is 12.7. The Bertz CT molecular complexity index is 615. The number of halogens is 1. The summed E-state index contributed by atoms with van der Waals surface area (Å²) in [6.07, 6.45) is 3.75. The molecule has 3 rings (SSSR count). The zero-order valence-corrected chi connectivity index (χ0v) is 17.0. The smallest absolute Gasteiger partial charge is 0.276 e. The van der Waals surface area contributed by atoms with Gasteiger partial charge in [0.25, 0.3) is 5.91 Å². The predicted octanol–water partition coefficient (Wildman–Crippen LogP) is 0.527. The van der Waals surface area contributed by atoms with Crippen LogP contribution < -0.4 is 29.3 Å². The highest BCUT2D eigenvalue weighted by Crippen LogP contribution is 2.22. The third kappa shape index (κ3) is 5.54. The van der Waals surface area contributed by atoms with Crippen molar-refractivity contribution in [2.45, 2.75) is 25.3 Å². The number of amides is 1. The zero-order valence-electron chi connectivity index (χ0n) is 14.8. The minimum atomic E-state index is -0.0868. The molecule has 2 aromatic rings. The molecule has 0 saturated carbocycles. The number of benzene rings is 2. The lowest BCUT2D eigenvalue weighted by molar-refractivity contribution is -0.906. The van der Waals surface area contributed by atoms with Crippen molar-refractivity contribution >= 4 is 5.91 Å². The van der Waals surface area contributed by atoms with Crippen LogP contribution in [-0.4, -0.2) is 37.1 Å². The highest BCUT2D eigenvalue weighted by Gasteiger charge is 2.29. The minimum Gasteiger partial charge on any atom is -1.00 e. The van der Waals surface area contributed by atoms with Crippen molar-refractivity contribution in [3.05, 3.63) is 71.8 Å². The first-order chi connectivity index (χ1) is 11.7. The Morgan fingerprint density at radius 2 is 1.40 bits per heavy atom. The second kappa shape index (κ2) is 9.34. The average molecular weight is 450 g/mol. The SMILES string of the molecule is C[N+]1(CC(=O)NC(c2ccccc2)c2ccccc2)CCCCC1.[I-]. The molecule has 0 unspecified atom stereocenters. The second-order valence-corrected chi connectivity index (χ2v) is 7.11. The molecule has 0 spiro atoms. The summed E-state index contributed by atoms with van der Waals surface area (Å²) < 4.78 is 0.863. The first-order valence-corrected chi connectivity index (χ1v) is 8.89. The molecule has 3 nitrogen and oxygen atoms in total. The Hall–Kier alpha value is -1.40. The molecule has 0 bridgehead atoms. The average Bonchev–Trinajstić information content (AvgIpc) is 2.61. The lowest BCUT2D eigenvalue weighted by Gasteiger charge is -2.37. The van der Waals surface area contributed by atoms with Crippen molar-refractivity contribution in [3.8, 4) is 0 Å². The summed E-state index contributed by atoms with van der Waals surface area (Å²) in [7, 11) is 2.21. The summed E-state index contributed by atoms with van der Waals surface area (Å²) in [5.41, 5.74) is 2.25. The van der Waals surface area contributed by atoms with E-state index in [-0.39, 0.29) is 35.9 Å². The van der Waals surface area contributed by atoms with Gasteiger partial charge in [-0.05, 0) is 30.4 Å². The van der Waals surface area contributed by atoms with E-state index in [0.29, 0.717) is 6.54 Å². The van der Waals surface area contributed by atoms with E-state index in [9.17, 15) is 4.79 Å². The highest BCUT2D eigenvalue weighted by atomic mass is 127. The standard InChI is InChI=1S/C21H26N2O.HI/c1-23(15-9-4-10-16-23)17-20(24)22-21(18-11-5-2-6-12-18)19-13-7-3-8-14-19;/h2-3,5-8,11-14,21H,4,9-10,15-17H2,1H3;1H.